The van der Waals surface area contributed by atoms with Crippen molar-refractivity contribution in [3.05, 3.63) is 59.7 Å². The molecule has 2 aromatic carbocycles. The number of rotatable bonds is 11. The number of nitrogens with zero attached hydrogens (tertiary/aromatic N) is 2. The Hall–Kier alpha value is -2.54. The highest BCUT2D eigenvalue weighted by Gasteiger charge is 2.35. The number of sulfone groups is 1. The topological polar surface area (TPSA) is 66.9 Å². The van der Waals surface area contributed by atoms with Gasteiger partial charge in [0.05, 0.1) is 18.1 Å². The van der Waals surface area contributed by atoms with Crippen LogP contribution in [0.5, 0.6) is 5.75 Å². The molecule has 7 heteroatoms. The zero-order valence-corrected chi connectivity index (χ0v) is 20.8. The molecule has 0 unspecified atom stereocenters. The van der Waals surface area contributed by atoms with Crippen molar-refractivity contribution in [2.75, 3.05) is 37.1 Å². The Kier molecular flexibility index (Phi) is 8.78. The van der Waals surface area contributed by atoms with Gasteiger partial charge in [-0.1, -0.05) is 38.3 Å². The van der Waals surface area contributed by atoms with Gasteiger partial charge >= 0.3 is 0 Å². The summed E-state index contributed by atoms with van der Waals surface area (Å²) in [5.41, 5.74) is 2.60. The number of unbranched alkanes of at least 4 members (excludes halogenated alkanes) is 3. The highest BCUT2D eigenvalue weighted by molar-refractivity contribution is 7.91. The van der Waals surface area contributed by atoms with Crippen molar-refractivity contribution in [2.24, 2.45) is 0 Å². The Morgan fingerprint density at radius 3 is 2.27 bits per heavy atom. The van der Waals surface area contributed by atoms with Gasteiger partial charge < -0.3 is 14.5 Å². The van der Waals surface area contributed by atoms with Gasteiger partial charge in [-0.15, -0.1) is 0 Å². The number of carbonyl (C=O) groups excluding carboxylic acids is 1. The van der Waals surface area contributed by atoms with Crippen LogP contribution < -0.4 is 9.64 Å². The lowest BCUT2D eigenvalue weighted by molar-refractivity contribution is 0.0681. The third-order valence-corrected chi connectivity index (χ3v) is 7.83. The molecule has 180 valence electrons. The number of carbonyl (C=O) groups is 1. The molecule has 1 heterocycles. The van der Waals surface area contributed by atoms with Crippen LogP contribution in [-0.2, 0) is 16.4 Å². The third kappa shape index (κ3) is 7.22. The molecule has 6 nitrogen and oxygen atoms in total. The van der Waals surface area contributed by atoms with E-state index in [9.17, 15) is 13.2 Å². The fourth-order valence-corrected chi connectivity index (χ4v) is 5.79. The summed E-state index contributed by atoms with van der Waals surface area (Å²) in [7, 11) is 0.847. The quantitative estimate of drug-likeness (QED) is 0.449. The van der Waals surface area contributed by atoms with Crippen molar-refractivity contribution in [3.8, 4) is 5.75 Å². The fourth-order valence-electron chi connectivity index (χ4n) is 4.06. The first-order chi connectivity index (χ1) is 15.8. The molecule has 1 aliphatic heterocycles. The Morgan fingerprint density at radius 2 is 1.70 bits per heavy atom. The van der Waals surface area contributed by atoms with E-state index in [1.807, 2.05) is 55.4 Å². The molecule has 0 aliphatic carbocycles. The van der Waals surface area contributed by atoms with Crippen LogP contribution in [0.25, 0.3) is 0 Å². The molecule has 0 spiro atoms. The normalized spacial score (nSPS) is 17.0. The predicted octanol–water partition coefficient (Wildman–Crippen LogP) is 4.54. The Bertz CT molecular complexity index is 1000. The van der Waals surface area contributed by atoms with Crippen LogP contribution in [0.15, 0.2) is 48.5 Å². The summed E-state index contributed by atoms with van der Waals surface area (Å²) >= 11 is 0. The Labute approximate surface area is 198 Å². The van der Waals surface area contributed by atoms with E-state index in [-0.39, 0.29) is 23.5 Å². The lowest BCUT2D eigenvalue weighted by Gasteiger charge is -2.29. The maximum absolute atomic E-state index is 13.4. The van der Waals surface area contributed by atoms with E-state index in [2.05, 4.69) is 6.92 Å². The molecule has 0 saturated carbocycles. The minimum atomic E-state index is -3.11. The first-order valence-corrected chi connectivity index (χ1v) is 13.6. The lowest BCUT2D eigenvalue weighted by Crippen LogP contribution is -2.40. The second-order valence-corrected chi connectivity index (χ2v) is 11.2. The zero-order chi connectivity index (χ0) is 23.8. The lowest BCUT2D eigenvalue weighted by atomic mass is 10.1. The van der Waals surface area contributed by atoms with Crippen molar-refractivity contribution in [1.82, 2.24) is 4.90 Å². The molecular weight excluding hydrogens is 436 g/mol. The van der Waals surface area contributed by atoms with Gasteiger partial charge in [-0.05, 0) is 54.8 Å². The van der Waals surface area contributed by atoms with Gasteiger partial charge in [-0.2, -0.15) is 0 Å². The van der Waals surface area contributed by atoms with E-state index in [0.29, 0.717) is 25.1 Å². The number of ether oxygens (including phenoxy) is 1. The third-order valence-electron chi connectivity index (χ3n) is 6.08. The largest absolute Gasteiger partial charge is 0.494 e. The smallest absolute Gasteiger partial charge is 0.254 e. The van der Waals surface area contributed by atoms with Crippen LogP contribution in [-0.4, -0.2) is 57.5 Å². The van der Waals surface area contributed by atoms with Crippen LogP contribution in [0, 0.1) is 0 Å². The molecular formula is C26H36N2O4S. The molecule has 33 heavy (non-hydrogen) atoms. The number of hydrogen-bond acceptors (Lipinski definition) is 5. The van der Waals surface area contributed by atoms with E-state index in [0.717, 1.165) is 29.8 Å². The van der Waals surface area contributed by atoms with Gasteiger partial charge in [0.15, 0.2) is 9.84 Å². The van der Waals surface area contributed by atoms with Gasteiger partial charge in [0.25, 0.3) is 5.91 Å². The summed E-state index contributed by atoms with van der Waals surface area (Å²) in [5, 5.41) is 0. The van der Waals surface area contributed by atoms with Crippen LogP contribution in [0.4, 0.5) is 5.69 Å². The minimum Gasteiger partial charge on any atom is -0.494 e. The van der Waals surface area contributed by atoms with E-state index in [4.69, 9.17) is 4.74 Å². The molecule has 3 rings (SSSR count). The second-order valence-electron chi connectivity index (χ2n) is 8.98. The molecule has 0 radical (unpaired) electrons. The molecule has 1 aliphatic rings. The summed E-state index contributed by atoms with van der Waals surface area (Å²) < 4.78 is 30.0. The molecule has 2 aromatic rings. The van der Waals surface area contributed by atoms with Crippen LogP contribution in [0.2, 0.25) is 0 Å². The maximum Gasteiger partial charge on any atom is 0.254 e. The first kappa shape index (κ1) is 25.1. The molecule has 1 atom stereocenters. The molecule has 1 amide bonds. The van der Waals surface area contributed by atoms with E-state index >= 15 is 0 Å². The molecule has 0 aromatic heterocycles. The van der Waals surface area contributed by atoms with Crippen LogP contribution in [0.3, 0.4) is 0 Å². The van der Waals surface area contributed by atoms with Crippen molar-refractivity contribution in [2.45, 2.75) is 51.6 Å². The number of benzene rings is 2. The second kappa shape index (κ2) is 11.5. The number of anilines is 1. The van der Waals surface area contributed by atoms with Crippen molar-refractivity contribution in [1.29, 1.82) is 0 Å². The molecule has 1 fully saturated rings. The molecule has 1 saturated heterocycles. The monoisotopic (exact) mass is 472 g/mol. The van der Waals surface area contributed by atoms with Crippen LogP contribution >= 0.6 is 0 Å². The fraction of sp³-hybridized carbons (Fsp3) is 0.500. The van der Waals surface area contributed by atoms with Gasteiger partial charge in [-0.3, -0.25) is 4.79 Å². The van der Waals surface area contributed by atoms with Crippen molar-refractivity contribution >= 4 is 21.4 Å². The highest BCUT2D eigenvalue weighted by Crippen LogP contribution is 2.24. The standard InChI is InChI=1S/C26H36N2O4S/c1-4-5-6-7-17-32-25-14-10-22(11-15-25)26(29)28(24-16-18-33(30,31)20-24)19-21-8-12-23(13-9-21)27(2)3/h8-15,24H,4-7,16-20H2,1-3H3/t24-/m0/s1. The SMILES string of the molecule is CCCCCCOc1ccc(C(=O)N(Cc2ccc(N(C)C)cc2)[C@H]2CCS(=O)(=O)C2)cc1. The van der Waals surface area contributed by atoms with Crippen molar-refractivity contribution < 1.29 is 17.9 Å². The Balaban J connectivity index is 1.72. The minimum absolute atomic E-state index is 0.0213. The summed E-state index contributed by atoms with van der Waals surface area (Å²) in [6.07, 6.45) is 5.05. The Morgan fingerprint density at radius 1 is 1.00 bits per heavy atom. The number of hydrogen-bond donors (Lipinski definition) is 0. The summed E-state index contributed by atoms with van der Waals surface area (Å²) in [6.45, 7) is 3.23. The number of amides is 1. The maximum atomic E-state index is 13.4. The first-order valence-electron chi connectivity index (χ1n) is 11.8. The summed E-state index contributed by atoms with van der Waals surface area (Å²) in [6, 6.07) is 14.9. The molecule has 0 bridgehead atoms. The predicted molar refractivity (Wildman–Crippen MR) is 134 cm³/mol. The van der Waals surface area contributed by atoms with E-state index < -0.39 is 9.84 Å². The zero-order valence-electron chi connectivity index (χ0n) is 20.0. The van der Waals surface area contributed by atoms with Gasteiger partial charge in [0.2, 0.25) is 0 Å². The van der Waals surface area contributed by atoms with Crippen LogP contribution in [0.1, 0.15) is 54.9 Å². The average Bonchev–Trinajstić information content (AvgIpc) is 3.17. The summed E-state index contributed by atoms with van der Waals surface area (Å²) in [5.74, 6) is 0.750. The highest BCUT2D eigenvalue weighted by atomic mass is 32.2. The van der Waals surface area contributed by atoms with Gasteiger partial charge in [0.1, 0.15) is 5.75 Å². The summed E-state index contributed by atoms with van der Waals surface area (Å²) in [4.78, 5) is 17.2. The van der Waals surface area contributed by atoms with E-state index in [1.165, 1.54) is 12.8 Å². The average molecular weight is 473 g/mol. The van der Waals surface area contributed by atoms with E-state index in [1.54, 1.807) is 17.0 Å². The van der Waals surface area contributed by atoms with Gasteiger partial charge in [-0.25, -0.2) is 8.42 Å². The molecule has 0 N–H and O–H groups in total. The van der Waals surface area contributed by atoms with Gasteiger partial charge in [0, 0.05) is 37.9 Å². The van der Waals surface area contributed by atoms with Crippen molar-refractivity contribution in [3.63, 3.8) is 0 Å².